The minimum absolute atomic E-state index is 0.112. The van der Waals surface area contributed by atoms with Gasteiger partial charge in [0.25, 0.3) is 5.91 Å². The topological polar surface area (TPSA) is 83.4 Å². The van der Waals surface area contributed by atoms with Crippen LogP contribution in [-0.2, 0) is 4.79 Å². The van der Waals surface area contributed by atoms with Gasteiger partial charge in [-0.15, -0.1) is 0 Å². The largest absolute Gasteiger partial charge is 0.481 e. The van der Waals surface area contributed by atoms with Crippen LogP contribution in [0, 0.1) is 11.7 Å². The summed E-state index contributed by atoms with van der Waals surface area (Å²) in [6.45, 7) is 0.381. The van der Waals surface area contributed by atoms with Crippen molar-refractivity contribution in [3.63, 3.8) is 0 Å². The number of carbonyl (C=O) groups excluding carboxylic acids is 1. The highest BCUT2D eigenvalue weighted by atomic mass is 19.1. The Morgan fingerprint density at radius 3 is 2.31 bits per heavy atom. The highest BCUT2D eigenvalue weighted by Gasteiger charge is 2.40. The number of carbonyl (C=O) groups is 2. The van der Waals surface area contributed by atoms with E-state index in [1.165, 1.54) is 29.4 Å². The van der Waals surface area contributed by atoms with Crippen LogP contribution in [-0.4, -0.2) is 44.9 Å². The molecule has 2 atom stereocenters. The zero-order valence-electron chi connectivity index (χ0n) is 14.0. The van der Waals surface area contributed by atoms with Gasteiger partial charge < -0.3 is 10.0 Å². The molecule has 2 heterocycles. The van der Waals surface area contributed by atoms with Gasteiger partial charge in [0.15, 0.2) is 0 Å². The van der Waals surface area contributed by atoms with E-state index in [1.807, 2.05) is 0 Å². The summed E-state index contributed by atoms with van der Waals surface area (Å²) in [4.78, 5) is 34.4. The smallest absolute Gasteiger partial charge is 0.308 e. The summed E-state index contributed by atoms with van der Waals surface area (Å²) < 4.78 is 13.2. The van der Waals surface area contributed by atoms with Crippen molar-refractivity contribution in [2.24, 2.45) is 5.92 Å². The molecule has 6 nitrogen and oxygen atoms in total. The average Bonchev–Trinajstić information content (AvgIpc) is 3.40. The fourth-order valence-electron chi connectivity index (χ4n) is 3.45. The number of benzene rings is 1. The number of aliphatic carboxylic acids is 1. The predicted octanol–water partition coefficient (Wildman–Crippen LogP) is 2.43. The van der Waals surface area contributed by atoms with E-state index < -0.39 is 11.9 Å². The Morgan fingerprint density at radius 1 is 1.08 bits per heavy atom. The molecular weight excluding hydrogens is 337 g/mol. The lowest BCUT2D eigenvalue weighted by Gasteiger charge is -2.16. The Morgan fingerprint density at radius 2 is 1.73 bits per heavy atom. The van der Waals surface area contributed by atoms with E-state index in [1.54, 1.807) is 12.1 Å². The molecule has 0 radical (unpaired) electrons. The second-order valence-corrected chi connectivity index (χ2v) is 6.92. The average molecular weight is 355 g/mol. The molecule has 0 bridgehead atoms. The highest BCUT2D eigenvalue weighted by Crippen LogP contribution is 2.38. The van der Waals surface area contributed by atoms with Crippen molar-refractivity contribution < 1.29 is 19.1 Å². The van der Waals surface area contributed by atoms with Crippen molar-refractivity contribution in [3.8, 4) is 0 Å². The minimum Gasteiger partial charge on any atom is -0.481 e. The second-order valence-electron chi connectivity index (χ2n) is 6.92. The van der Waals surface area contributed by atoms with E-state index in [4.69, 9.17) is 0 Å². The van der Waals surface area contributed by atoms with Crippen LogP contribution >= 0.6 is 0 Å². The molecule has 2 fully saturated rings. The maximum Gasteiger partial charge on any atom is 0.308 e. The van der Waals surface area contributed by atoms with Crippen LogP contribution in [0.5, 0.6) is 0 Å². The molecule has 1 amide bonds. The maximum atomic E-state index is 13.2. The molecule has 1 saturated heterocycles. The van der Waals surface area contributed by atoms with E-state index in [2.05, 4.69) is 9.97 Å². The summed E-state index contributed by atoms with van der Waals surface area (Å²) in [5, 5.41) is 9.54. The van der Waals surface area contributed by atoms with Crippen molar-refractivity contribution in [2.45, 2.75) is 24.7 Å². The molecule has 2 aliphatic rings. The van der Waals surface area contributed by atoms with Crippen LogP contribution in [0.3, 0.4) is 0 Å². The molecule has 7 heteroatoms. The van der Waals surface area contributed by atoms with Gasteiger partial charge in [-0.2, -0.15) is 0 Å². The normalized spacial score (nSPS) is 22.4. The van der Waals surface area contributed by atoms with Gasteiger partial charge in [0, 0.05) is 37.3 Å². The number of likely N-dealkylation sites (tertiary alicyclic amines) is 1. The van der Waals surface area contributed by atoms with Crippen LogP contribution in [0.1, 0.15) is 46.4 Å². The fraction of sp³-hybridized carbons (Fsp3) is 0.368. The van der Waals surface area contributed by atoms with Crippen LogP contribution in [0.2, 0.25) is 0 Å². The number of halogens is 1. The van der Waals surface area contributed by atoms with Crippen LogP contribution in [0.15, 0.2) is 36.7 Å². The maximum absolute atomic E-state index is 13.2. The molecule has 1 aliphatic carbocycles. The molecule has 134 valence electrons. The number of aromatic nitrogens is 2. The Bertz CT molecular complexity index is 834. The first kappa shape index (κ1) is 16.6. The number of carboxylic acids is 1. The first-order chi connectivity index (χ1) is 12.5. The molecular formula is C19H18FN3O3. The third-order valence-corrected chi connectivity index (χ3v) is 5.08. The standard InChI is InChI=1S/C19H18FN3O3/c20-14-5-3-11(4-6-14)15-9-23(10-16(15)19(25)26)18(24)13-7-21-17(22-8-13)12-1-2-12/h3-8,12,15-16H,1-2,9-10H2,(H,25,26)/t15-,16+/m0/s1. The lowest BCUT2D eigenvalue weighted by molar-refractivity contribution is -0.141. The van der Waals surface area contributed by atoms with Crippen molar-refractivity contribution in [3.05, 3.63) is 59.4 Å². The van der Waals surface area contributed by atoms with Gasteiger partial charge in [-0.3, -0.25) is 9.59 Å². The Hall–Kier alpha value is -2.83. The first-order valence-electron chi connectivity index (χ1n) is 8.62. The second kappa shape index (κ2) is 6.48. The van der Waals surface area contributed by atoms with Gasteiger partial charge in [-0.05, 0) is 30.5 Å². The minimum atomic E-state index is -0.963. The molecule has 1 aromatic heterocycles. The Balaban J connectivity index is 1.54. The molecule has 2 aromatic rings. The SMILES string of the molecule is O=C(O)[C@@H]1CN(C(=O)c2cnc(C3CC3)nc2)C[C@H]1c1ccc(F)cc1. The molecule has 1 aromatic carbocycles. The number of hydrogen-bond acceptors (Lipinski definition) is 4. The number of amides is 1. The first-order valence-corrected chi connectivity index (χ1v) is 8.62. The fourth-order valence-corrected chi connectivity index (χ4v) is 3.45. The molecule has 1 N–H and O–H groups in total. The summed E-state index contributed by atoms with van der Waals surface area (Å²) in [5.41, 5.74) is 1.08. The van der Waals surface area contributed by atoms with Crippen molar-refractivity contribution >= 4 is 11.9 Å². The van der Waals surface area contributed by atoms with Gasteiger partial charge in [0.2, 0.25) is 0 Å². The quantitative estimate of drug-likeness (QED) is 0.911. The van der Waals surface area contributed by atoms with E-state index in [9.17, 15) is 19.1 Å². The van der Waals surface area contributed by atoms with Gasteiger partial charge in [-0.25, -0.2) is 14.4 Å². The summed E-state index contributed by atoms with van der Waals surface area (Å²) in [5.74, 6) is -1.54. The highest BCUT2D eigenvalue weighted by molar-refractivity contribution is 5.94. The summed E-state index contributed by atoms with van der Waals surface area (Å²) in [6, 6.07) is 5.78. The Kier molecular flexibility index (Phi) is 4.14. The molecule has 0 unspecified atom stereocenters. The monoisotopic (exact) mass is 355 g/mol. The van der Waals surface area contributed by atoms with Gasteiger partial charge >= 0.3 is 5.97 Å². The number of carboxylic acid groups (broad SMARTS) is 1. The number of rotatable bonds is 4. The van der Waals surface area contributed by atoms with Crippen LogP contribution < -0.4 is 0 Å². The molecule has 1 saturated carbocycles. The van der Waals surface area contributed by atoms with Crippen molar-refractivity contribution in [1.82, 2.24) is 14.9 Å². The van der Waals surface area contributed by atoms with Crippen LogP contribution in [0.4, 0.5) is 4.39 Å². The number of nitrogens with zero attached hydrogens (tertiary/aromatic N) is 3. The van der Waals surface area contributed by atoms with Crippen molar-refractivity contribution in [1.29, 1.82) is 0 Å². The lowest BCUT2D eigenvalue weighted by atomic mass is 9.89. The summed E-state index contributed by atoms with van der Waals surface area (Å²) in [6.07, 6.45) is 5.20. The Labute approximate surface area is 149 Å². The van der Waals surface area contributed by atoms with Gasteiger partial charge in [-0.1, -0.05) is 12.1 Å². The third-order valence-electron chi connectivity index (χ3n) is 5.08. The summed E-state index contributed by atoms with van der Waals surface area (Å²) in [7, 11) is 0. The van der Waals surface area contributed by atoms with Gasteiger partial charge in [0.1, 0.15) is 11.6 Å². The van der Waals surface area contributed by atoms with E-state index in [-0.39, 0.29) is 30.7 Å². The molecule has 1 aliphatic heterocycles. The van der Waals surface area contributed by atoms with E-state index >= 15 is 0 Å². The lowest BCUT2D eigenvalue weighted by Crippen LogP contribution is -2.30. The molecule has 0 spiro atoms. The van der Waals surface area contributed by atoms with Crippen molar-refractivity contribution in [2.75, 3.05) is 13.1 Å². The zero-order chi connectivity index (χ0) is 18.3. The van der Waals surface area contributed by atoms with Crippen LogP contribution in [0.25, 0.3) is 0 Å². The van der Waals surface area contributed by atoms with Gasteiger partial charge in [0.05, 0.1) is 11.5 Å². The predicted molar refractivity (Wildman–Crippen MR) is 90.2 cm³/mol. The summed E-state index contributed by atoms with van der Waals surface area (Å²) >= 11 is 0. The van der Waals surface area contributed by atoms with E-state index in [0.717, 1.165) is 24.2 Å². The van der Waals surface area contributed by atoms with E-state index in [0.29, 0.717) is 11.5 Å². The molecule has 4 rings (SSSR count). The zero-order valence-corrected chi connectivity index (χ0v) is 14.0. The third kappa shape index (κ3) is 3.16. The number of hydrogen-bond donors (Lipinski definition) is 1. The molecule has 26 heavy (non-hydrogen) atoms.